The maximum Gasteiger partial charge on any atom is 0.242 e. The Morgan fingerprint density at radius 2 is 1.76 bits per heavy atom. The highest BCUT2D eigenvalue weighted by atomic mass is 32.2. The van der Waals surface area contributed by atoms with Crippen molar-refractivity contribution in [3.63, 3.8) is 0 Å². The van der Waals surface area contributed by atoms with E-state index in [1.54, 1.807) is 37.3 Å². The summed E-state index contributed by atoms with van der Waals surface area (Å²) < 4.78 is 39.6. The molecule has 0 saturated heterocycles. The van der Waals surface area contributed by atoms with Crippen LogP contribution in [0.5, 0.6) is 11.5 Å². The van der Waals surface area contributed by atoms with Crippen LogP contribution in [0.3, 0.4) is 0 Å². The number of carbonyl (C=O) groups is 1. The number of hydrogen-bond donors (Lipinski definition) is 2. The molecule has 0 aromatic heterocycles. The minimum atomic E-state index is -3.98. The Hall–Kier alpha value is -3.36. The molecule has 0 bridgehead atoms. The number of amides is 1. The van der Waals surface area contributed by atoms with Crippen LogP contribution in [0.2, 0.25) is 0 Å². The van der Waals surface area contributed by atoms with Gasteiger partial charge in [-0.2, -0.15) is 4.72 Å². The van der Waals surface area contributed by atoms with Gasteiger partial charge in [0, 0.05) is 11.8 Å². The van der Waals surface area contributed by atoms with Gasteiger partial charge in [0.05, 0.1) is 18.6 Å². The van der Waals surface area contributed by atoms with E-state index in [-0.39, 0.29) is 11.3 Å². The van der Waals surface area contributed by atoms with Gasteiger partial charge >= 0.3 is 0 Å². The largest absolute Gasteiger partial charge is 0.497 e. The van der Waals surface area contributed by atoms with Crippen LogP contribution in [-0.4, -0.2) is 34.1 Å². The smallest absolute Gasteiger partial charge is 0.242 e. The number of nitrogens with one attached hydrogen (secondary N) is 2. The standard InChI is InChI=1S/C25H28N2O5S/c1-4-32-24-14-13-22(15-18(24)2)33(29,30)27-23(16-19-9-6-5-7-10-19)25(28)26-20-11-8-12-21(17-20)31-3/h5-15,17,23,27H,4,16H2,1-3H3,(H,26,28). The molecular formula is C25H28N2O5S. The van der Waals surface area contributed by atoms with Crippen LogP contribution in [0.1, 0.15) is 18.1 Å². The summed E-state index contributed by atoms with van der Waals surface area (Å²) in [5.41, 5.74) is 2.03. The van der Waals surface area contributed by atoms with Gasteiger partial charge < -0.3 is 14.8 Å². The monoisotopic (exact) mass is 468 g/mol. The predicted molar refractivity (Wildman–Crippen MR) is 128 cm³/mol. The third-order valence-corrected chi connectivity index (χ3v) is 6.46. The van der Waals surface area contributed by atoms with Crippen molar-refractivity contribution in [2.75, 3.05) is 19.0 Å². The fourth-order valence-electron chi connectivity index (χ4n) is 3.33. The van der Waals surface area contributed by atoms with Gasteiger partial charge in [0.2, 0.25) is 15.9 Å². The molecule has 0 aliphatic rings. The molecular weight excluding hydrogens is 440 g/mol. The quantitative estimate of drug-likeness (QED) is 0.470. The summed E-state index contributed by atoms with van der Waals surface area (Å²) in [6.07, 6.45) is 0.186. The second-order valence-electron chi connectivity index (χ2n) is 7.45. The number of methoxy groups -OCH3 is 1. The average molecular weight is 469 g/mol. The van der Waals surface area contributed by atoms with Crippen LogP contribution in [0.15, 0.2) is 77.7 Å². The normalized spacial score (nSPS) is 12.1. The van der Waals surface area contributed by atoms with Crippen LogP contribution < -0.4 is 19.5 Å². The maximum absolute atomic E-state index is 13.2. The van der Waals surface area contributed by atoms with Gasteiger partial charge in [-0.1, -0.05) is 36.4 Å². The molecule has 0 radical (unpaired) electrons. The second kappa shape index (κ2) is 11.0. The zero-order chi connectivity index (χ0) is 23.8. The van der Waals surface area contributed by atoms with E-state index in [1.807, 2.05) is 37.3 Å². The highest BCUT2D eigenvalue weighted by Gasteiger charge is 2.27. The number of ether oxygens (including phenoxy) is 2. The summed E-state index contributed by atoms with van der Waals surface area (Å²) in [5.74, 6) is 0.726. The second-order valence-corrected chi connectivity index (χ2v) is 9.16. The first-order valence-electron chi connectivity index (χ1n) is 10.6. The minimum absolute atomic E-state index is 0.0655. The molecule has 3 aromatic carbocycles. The van der Waals surface area contributed by atoms with E-state index < -0.39 is 22.0 Å². The summed E-state index contributed by atoms with van der Waals surface area (Å²) in [5, 5.41) is 2.78. The SMILES string of the molecule is CCOc1ccc(S(=O)(=O)NC(Cc2ccccc2)C(=O)Nc2cccc(OC)c2)cc1C. The lowest BCUT2D eigenvalue weighted by Crippen LogP contribution is -2.45. The minimum Gasteiger partial charge on any atom is -0.497 e. The number of rotatable bonds is 10. The summed E-state index contributed by atoms with van der Waals surface area (Å²) in [6.45, 7) is 4.12. The number of hydrogen-bond acceptors (Lipinski definition) is 5. The molecule has 8 heteroatoms. The first-order valence-corrected chi connectivity index (χ1v) is 12.1. The van der Waals surface area contributed by atoms with E-state index in [9.17, 15) is 13.2 Å². The van der Waals surface area contributed by atoms with Gasteiger partial charge in [0.1, 0.15) is 17.5 Å². The summed E-state index contributed by atoms with van der Waals surface area (Å²) >= 11 is 0. The predicted octanol–water partition coefficient (Wildman–Crippen LogP) is 3.93. The van der Waals surface area contributed by atoms with Gasteiger partial charge in [-0.05, 0) is 61.7 Å². The molecule has 7 nitrogen and oxygen atoms in total. The van der Waals surface area contributed by atoms with Crippen LogP contribution in [0.25, 0.3) is 0 Å². The first-order chi connectivity index (χ1) is 15.8. The number of anilines is 1. The molecule has 1 amide bonds. The number of carbonyl (C=O) groups excluding carboxylic acids is 1. The fourth-order valence-corrected chi connectivity index (χ4v) is 4.61. The molecule has 3 rings (SSSR count). The molecule has 174 valence electrons. The van der Waals surface area contributed by atoms with Crippen molar-refractivity contribution in [2.24, 2.45) is 0 Å². The molecule has 3 aromatic rings. The molecule has 0 heterocycles. The van der Waals surface area contributed by atoms with E-state index in [0.717, 1.165) is 5.56 Å². The summed E-state index contributed by atoms with van der Waals surface area (Å²) in [4.78, 5) is 13.2. The number of aryl methyl sites for hydroxylation is 1. The van der Waals surface area contributed by atoms with Crippen molar-refractivity contribution in [3.05, 3.63) is 83.9 Å². The van der Waals surface area contributed by atoms with Gasteiger partial charge in [0.25, 0.3) is 0 Å². The van der Waals surface area contributed by atoms with Crippen LogP contribution >= 0.6 is 0 Å². The molecule has 0 fully saturated rings. The van der Waals surface area contributed by atoms with E-state index in [1.165, 1.54) is 19.2 Å². The zero-order valence-corrected chi connectivity index (χ0v) is 19.7. The lowest BCUT2D eigenvalue weighted by atomic mass is 10.1. The molecule has 1 unspecified atom stereocenters. The topological polar surface area (TPSA) is 93.7 Å². The molecule has 33 heavy (non-hydrogen) atoms. The third kappa shape index (κ3) is 6.57. The highest BCUT2D eigenvalue weighted by Crippen LogP contribution is 2.23. The Balaban J connectivity index is 1.87. The van der Waals surface area contributed by atoms with Gasteiger partial charge in [-0.25, -0.2) is 8.42 Å². The maximum atomic E-state index is 13.2. The van der Waals surface area contributed by atoms with Crippen molar-refractivity contribution in [3.8, 4) is 11.5 Å². The number of sulfonamides is 1. The Bertz CT molecular complexity index is 1200. The molecule has 2 N–H and O–H groups in total. The zero-order valence-electron chi connectivity index (χ0n) is 18.9. The molecule has 0 saturated carbocycles. The summed E-state index contributed by atoms with van der Waals surface area (Å²) in [7, 11) is -2.44. The van der Waals surface area contributed by atoms with Gasteiger partial charge in [-0.15, -0.1) is 0 Å². The molecule has 0 aliphatic heterocycles. The van der Waals surface area contributed by atoms with Gasteiger partial charge in [-0.3, -0.25) is 4.79 Å². The van der Waals surface area contributed by atoms with Crippen molar-refractivity contribution >= 4 is 21.6 Å². The van der Waals surface area contributed by atoms with E-state index in [0.29, 0.717) is 29.4 Å². The molecule has 0 spiro atoms. The Labute approximate surface area is 194 Å². The average Bonchev–Trinajstić information content (AvgIpc) is 2.80. The highest BCUT2D eigenvalue weighted by molar-refractivity contribution is 7.89. The lowest BCUT2D eigenvalue weighted by Gasteiger charge is -2.19. The third-order valence-electron chi connectivity index (χ3n) is 4.99. The van der Waals surface area contributed by atoms with Crippen molar-refractivity contribution < 1.29 is 22.7 Å². The fraction of sp³-hybridized carbons (Fsp3) is 0.240. The molecule has 1 atom stereocenters. The van der Waals surface area contributed by atoms with Crippen molar-refractivity contribution in [1.82, 2.24) is 4.72 Å². The summed E-state index contributed by atoms with van der Waals surface area (Å²) in [6, 6.07) is 19.7. The molecule has 0 aliphatic carbocycles. The van der Waals surface area contributed by atoms with E-state index >= 15 is 0 Å². The van der Waals surface area contributed by atoms with Crippen LogP contribution in [-0.2, 0) is 21.2 Å². The van der Waals surface area contributed by atoms with E-state index in [2.05, 4.69) is 10.0 Å². The van der Waals surface area contributed by atoms with Crippen LogP contribution in [0, 0.1) is 6.92 Å². The van der Waals surface area contributed by atoms with Crippen molar-refractivity contribution in [1.29, 1.82) is 0 Å². The Morgan fingerprint density at radius 1 is 1.00 bits per heavy atom. The van der Waals surface area contributed by atoms with Crippen LogP contribution in [0.4, 0.5) is 5.69 Å². The number of benzene rings is 3. The lowest BCUT2D eigenvalue weighted by molar-refractivity contribution is -0.117. The first kappa shape index (κ1) is 24.3. The van der Waals surface area contributed by atoms with Crippen molar-refractivity contribution in [2.45, 2.75) is 31.2 Å². The Morgan fingerprint density at radius 3 is 2.42 bits per heavy atom. The Kier molecular flexibility index (Phi) is 8.08. The van der Waals surface area contributed by atoms with Gasteiger partial charge in [0.15, 0.2) is 0 Å². The van der Waals surface area contributed by atoms with E-state index in [4.69, 9.17) is 9.47 Å².